The maximum atomic E-state index is 10.8. The molecule has 0 atom stereocenters. The molecular formula is C14H13NO2. The van der Waals surface area contributed by atoms with E-state index in [0.29, 0.717) is 12.0 Å². The lowest BCUT2D eigenvalue weighted by Crippen LogP contribution is -1.99. The van der Waals surface area contributed by atoms with Crippen molar-refractivity contribution in [3.63, 3.8) is 0 Å². The van der Waals surface area contributed by atoms with Crippen LogP contribution in [0.3, 0.4) is 0 Å². The van der Waals surface area contributed by atoms with Crippen LogP contribution in [-0.2, 0) is 6.42 Å². The summed E-state index contributed by atoms with van der Waals surface area (Å²) in [6.45, 7) is 0. The average molecular weight is 227 g/mol. The Bertz CT molecular complexity index is 549. The van der Waals surface area contributed by atoms with Gasteiger partial charge in [-0.05, 0) is 35.7 Å². The van der Waals surface area contributed by atoms with Gasteiger partial charge in [-0.25, -0.2) is 4.79 Å². The molecule has 86 valence electrons. The third-order valence-electron chi connectivity index (χ3n) is 2.62. The average Bonchev–Trinajstić information content (AvgIpc) is 2.32. The molecule has 3 N–H and O–H groups in total. The predicted molar refractivity (Wildman–Crippen MR) is 67.1 cm³/mol. The number of nitrogen functional groups attached to an aromatic ring is 1. The molecular weight excluding hydrogens is 214 g/mol. The molecule has 0 radical (unpaired) electrons. The summed E-state index contributed by atoms with van der Waals surface area (Å²) in [5, 5.41) is 8.91. The Balaban J connectivity index is 2.28. The number of carboxylic acid groups (broad SMARTS) is 1. The molecule has 0 amide bonds. The maximum Gasteiger partial charge on any atom is 0.335 e. The lowest BCUT2D eigenvalue weighted by molar-refractivity contribution is 0.0697. The van der Waals surface area contributed by atoms with E-state index in [1.165, 1.54) is 0 Å². The normalized spacial score (nSPS) is 10.1. The highest BCUT2D eigenvalue weighted by atomic mass is 16.4. The van der Waals surface area contributed by atoms with Crippen molar-refractivity contribution in [3.05, 3.63) is 65.2 Å². The van der Waals surface area contributed by atoms with Gasteiger partial charge in [0.15, 0.2) is 0 Å². The van der Waals surface area contributed by atoms with Crippen molar-refractivity contribution in [2.75, 3.05) is 5.73 Å². The summed E-state index contributed by atoms with van der Waals surface area (Å²) in [6.07, 6.45) is 0.647. The molecule has 3 heteroatoms. The highest BCUT2D eigenvalue weighted by Crippen LogP contribution is 2.16. The van der Waals surface area contributed by atoms with E-state index in [1.807, 2.05) is 30.3 Å². The molecule has 0 saturated heterocycles. The molecule has 0 heterocycles. The summed E-state index contributed by atoms with van der Waals surface area (Å²) < 4.78 is 0. The molecule has 0 fully saturated rings. The Morgan fingerprint density at radius 3 is 2.59 bits per heavy atom. The number of para-hydroxylation sites is 1. The molecule has 3 nitrogen and oxygen atoms in total. The van der Waals surface area contributed by atoms with Crippen LogP contribution in [0.25, 0.3) is 0 Å². The Kier molecular flexibility index (Phi) is 3.10. The SMILES string of the molecule is Nc1ccccc1Cc1cccc(C(=O)O)c1. The van der Waals surface area contributed by atoms with Crippen molar-refractivity contribution >= 4 is 11.7 Å². The standard InChI is InChI=1S/C14H13NO2/c15-13-7-2-1-5-11(13)8-10-4-3-6-12(9-10)14(16)17/h1-7,9H,8,15H2,(H,16,17). The highest BCUT2D eigenvalue weighted by Gasteiger charge is 2.04. The molecule has 0 aromatic heterocycles. The summed E-state index contributed by atoms with van der Waals surface area (Å²) in [5.74, 6) is -0.909. The first-order valence-corrected chi connectivity index (χ1v) is 5.32. The number of benzene rings is 2. The van der Waals surface area contributed by atoms with Crippen LogP contribution in [0, 0.1) is 0 Å². The van der Waals surface area contributed by atoms with E-state index in [9.17, 15) is 4.79 Å². The van der Waals surface area contributed by atoms with Crippen LogP contribution in [0.5, 0.6) is 0 Å². The van der Waals surface area contributed by atoms with Crippen LogP contribution in [0.2, 0.25) is 0 Å². The van der Waals surface area contributed by atoms with Gasteiger partial charge in [-0.1, -0.05) is 30.3 Å². The van der Waals surface area contributed by atoms with Gasteiger partial charge in [0.05, 0.1) is 5.56 Å². The number of hydrogen-bond acceptors (Lipinski definition) is 2. The fourth-order valence-corrected chi connectivity index (χ4v) is 1.73. The molecule has 0 bridgehead atoms. The second-order valence-electron chi connectivity index (χ2n) is 3.88. The van der Waals surface area contributed by atoms with E-state index in [4.69, 9.17) is 10.8 Å². The predicted octanol–water partition coefficient (Wildman–Crippen LogP) is 2.56. The minimum atomic E-state index is -0.909. The van der Waals surface area contributed by atoms with E-state index in [-0.39, 0.29) is 0 Å². The minimum absolute atomic E-state index is 0.303. The zero-order valence-electron chi connectivity index (χ0n) is 9.26. The van der Waals surface area contributed by atoms with Crippen molar-refractivity contribution in [2.24, 2.45) is 0 Å². The number of hydrogen-bond donors (Lipinski definition) is 2. The van der Waals surface area contributed by atoms with Gasteiger partial charge in [-0.15, -0.1) is 0 Å². The number of carbonyl (C=O) groups is 1. The quantitative estimate of drug-likeness (QED) is 0.792. The topological polar surface area (TPSA) is 63.3 Å². The summed E-state index contributed by atoms with van der Waals surface area (Å²) in [7, 11) is 0. The maximum absolute atomic E-state index is 10.8. The van der Waals surface area contributed by atoms with Gasteiger partial charge in [0.2, 0.25) is 0 Å². The summed E-state index contributed by atoms with van der Waals surface area (Å²) in [6, 6.07) is 14.5. The Labute approximate surface area is 99.5 Å². The van der Waals surface area contributed by atoms with Crippen LogP contribution >= 0.6 is 0 Å². The van der Waals surface area contributed by atoms with Gasteiger partial charge in [-0.3, -0.25) is 0 Å². The van der Waals surface area contributed by atoms with Gasteiger partial charge >= 0.3 is 5.97 Å². The smallest absolute Gasteiger partial charge is 0.335 e. The monoisotopic (exact) mass is 227 g/mol. The third kappa shape index (κ3) is 2.64. The highest BCUT2D eigenvalue weighted by molar-refractivity contribution is 5.87. The zero-order valence-corrected chi connectivity index (χ0v) is 9.26. The van der Waals surface area contributed by atoms with E-state index < -0.39 is 5.97 Å². The number of anilines is 1. The first-order chi connectivity index (χ1) is 8.16. The van der Waals surface area contributed by atoms with E-state index in [0.717, 1.165) is 16.8 Å². The number of nitrogens with two attached hydrogens (primary N) is 1. The lowest BCUT2D eigenvalue weighted by Gasteiger charge is -2.06. The summed E-state index contributed by atoms with van der Waals surface area (Å²) >= 11 is 0. The molecule has 0 aliphatic carbocycles. The second-order valence-corrected chi connectivity index (χ2v) is 3.88. The van der Waals surface area contributed by atoms with E-state index in [2.05, 4.69) is 0 Å². The fourth-order valence-electron chi connectivity index (χ4n) is 1.73. The van der Waals surface area contributed by atoms with Gasteiger partial charge in [0.25, 0.3) is 0 Å². The Hall–Kier alpha value is -2.29. The van der Waals surface area contributed by atoms with Crippen LogP contribution in [-0.4, -0.2) is 11.1 Å². The largest absolute Gasteiger partial charge is 0.478 e. The van der Waals surface area contributed by atoms with Crippen molar-refractivity contribution in [1.29, 1.82) is 0 Å². The zero-order chi connectivity index (χ0) is 12.3. The van der Waals surface area contributed by atoms with Gasteiger partial charge in [-0.2, -0.15) is 0 Å². The first kappa shape index (κ1) is 11.2. The van der Waals surface area contributed by atoms with Gasteiger partial charge < -0.3 is 10.8 Å². The number of rotatable bonds is 3. The third-order valence-corrected chi connectivity index (χ3v) is 2.62. The summed E-state index contributed by atoms with van der Waals surface area (Å²) in [4.78, 5) is 10.8. The van der Waals surface area contributed by atoms with Crippen LogP contribution in [0.1, 0.15) is 21.5 Å². The van der Waals surface area contributed by atoms with Crippen molar-refractivity contribution in [2.45, 2.75) is 6.42 Å². The minimum Gasteiger partial charge on any atom is -0.478 e. The molecule has 0 spiro atoms. The molecule has 2 aromatic rings. The molecule has 17 heavy (non-hydrogen) atoms. The van der Waals surface area contributed by atoms with E-state index in [1.54, 1.807) is 18.2 Å². The number of aromatic carboxylic acids is 1. The van der Waals surface area contributed by atoms with Crippen LogP contribution in [0.4, 0.5) is 5.69 Å². The first-order valence-electron chi connectivity index (χ1n) is 5.32. The molecule has 2 rings (SSSR count). The van der Waals surface area contributed by atoms with Crippen molar-refractivity contribution < 1.29 is 9.90 Å². The van der Waals surface area contributed by atoms with Crippen LogP contribution < -0.4 is 5.73 Å². The molecule has 0 unspecified atom stereocenters. The van der Waals surface area contributed by atoms with Gasteiger partial charge in [0.1, 0.15) is 0 Å². The second kappa shape index (κ2) is 4.70. The summed E-state index contributed by atoms with van der Waals surface area (Å²) in [5.41, 5.74) is 8.84. The molecule has 0 saturated carbocycles. The fraction of sp³-hybridized carbons (Fsp3) is 0.0714. The number of carboxylic acids is 1. The van der Waals surface area contributed by atoms with Crippen LogP contribution in [0.15, 0.2) is 48.5 Å². The Morgan fingerprint density at radius 2 is 1.88 bits per heavy atom. The molecule has 0 aliphatic heterocycles. The van der Waals surface area contributed by atoms with Gasteiger partial charge in [0, 0.05) is 5.69 Å². The molecule has 2 aromatic carbocycles. The van der Waals surface area contributed by atoms with Crippen molar-refractivity contribution in [3.8, 4) is 0 Å². The van der Waals surface area contributed by atoms with E-state index >= 15 is 0 Å². The lowest BCUT2D eigenvalue weighted by atomic mass is 10.0. The Morgan fingerprint density at radius 1 is 1.12 bits per heavy atom. The van der Waals surface area contributed by atoms with Crippen molar-refractivity contribution in [1.82, 2.24) is 0 Å². The molecule has 0 aliphatic rings.